The van der Waals surface area contributed by atoms with Gasteiger partial charge in [-0.25, -0.2) is 9.37 Å². The number of ether oxygens (including phenoxy) is 1. The number of fused-ring (bicyclic) bond motifs is 1. The van der Waals surface area contributed by atoms with E-state index in [0.717, 1.165) is 22.2 Å². The van der Waals surface area contributed by atoms with Gasteiger partial charge in [-0.1, -0.05) is 24.3 Å². The normalized spacial score (nSPS) is 14.1. The van der Waals surface area contributed by atoms with Crippen molar-refractivity contribution in [2.75, 3.05) is 36.5 Å². The fraction of sp³-hybridized carbons (Fsp3) is 0.238. The number of hydrogen-bond donors (Lipinski definition) is 1. The maximum Gasteiger partial charge on any atom is 0.146 e. The van der Waals surface area contributed by atoms with Gasteiger partial charge in [-0.05, 0) is 29.8 Å². The van der Waals surface area contributed by atoms with Crippen molar-refractivity contribution in [1.29, 1.82) is 5.26 Å². The molecule has 2 aromatic carbocycles. The highest BCUT2D eigenvalue weighted by Crippen LogP contribution is 2.25. The van der Waals surface area contributed by atoms with Crippen molar-refractivity contribution in [1.82, 2.24) is 4.98 Å². The summed E-state index contributed by atoms with van der Waals surface area (Å²) in [5.74, 6) is -0.228. The van der Waals surface area contributed by atoms with E-state index < -0.39 is 0 Å². The van der Waals surface area contributed by atoms with E-state index in [4.69, 9.17) is 4.74 Å². The van der Waals surface area contributed by atoms with E-state index in [2.05, 4.69) is 16.4 Å². The quantitative estimate of drug-likeness (QED) is 0.767. The van der Waals surface area contributed by atoms with Crippen LogP contribution in [0.4, 0.5) is 15.8 Å². The highest BCUT2D eigenvalue weighted by atomic mass is 19.1. The predicted octanol–water partition coefficient (Wildman–Crippen LogP) is 3.69. The summed E-state index contributed by atoms with van der Waals surface area (Å²) in [6, 6.07) is 16.8. The number of hydrogen-bond acceptors (Lipinski definition) is 5. The van der Waals surface area contributed by atoms with Crippen LogP contribution in [0.5, 0.6) is 0 Å². The van der Waals surface area contributed by atoms with Crippen LogP contribution in [-0.2, 0) is 11.3 Å². The summed E-state index contributed by atoms with van der Waals surface area (Å²) in [6.07, 6.45) is 0. The molecule has 4 rings (SSSR count). The second kappa shape index (κ2) is 7.60. The fourth-order valence-electron chi connectivity index (χ4n) is 3.30. The van der Waals surface area contributed by atoms with Gasteiger partial charge in [0, 0.05) is 30.7 Å². The molecule has 1 saturated heterocycles. The lowest BCUT2D eigenvalue weighted by Crippen LogP contribution is -2.36. The maximum atomic E-state index is 14.6. The maximum absolute atomic E-state index is 14.6. The molecule has 5 nitrogen and oxygen atoms in total. The monoisotopic (exact) mass is 362 g/mol. The van der Waals surface area contributed by atoms with Crippen LogP contribution >= 0.6 is 0 Å². The number of rotatable bonds is 4. The molecular weight excluding hydrogens is 343 g/mol. The molecule has 136 valence electrons. The van der Waals surface area contributed by atoms with Crippen LogP contribution in [0.15, 0.2) is 48.5 Å². The van der Waals surface area contributed by atoms with Crippen molar-refractivity contribution < 1.29 is 9.13 Å². The number of morpholine rings is 1. The first-order valence-electron chi connectivity index (χ1n) is 8.89. The standard InChI is InChI=1S/C21H19FN4O/c22-18-11-15(5-6-21(18)26-7-9-27-10-8-26)14-24-20-12-16(13-23)25-19-4-2-1-3-17(19)20/h1-6,11-12H,7-10,14H2,(H,24,25). The Hall–Kier alpha value is -3.17. The summed E-state index contributed by atoms with van der Waals surface area (Å²) in [4.78, 5) is 6.32. The van der Waals surface area contributed by atoms with Crippen LogP contribution in [0.3, 0.4) is 0 Å². The lowest BCUT2D eigenvalue weighted by Gasteiger charge is -2.29. The highest BCUT2D eigenvalue weighted by Gasteiger charge is 2.15. The molecule has 0 aliphatic carbocycles. The van der Waals surface area contributed by atoms with E-state index in [1.165, 1.54) is 0 Å². The Bertz CT molecular complexity index is 1010. The molecule has 0 saturated carbocycles. The van der Waals surface area contributed by atoms with Crippen LogP contribution in [0.2, 0.25) is 0 Å². The number of anilines is 2. The first kappa shape index (κ1) is 17.3. The Morgan fingerprint density at radius 1 is 1.15 bits per heavy atom. The molecule has 0 atom stereocenters. The molecule has 1 fully saturated rings. The van der Waals surface area contributed by atoms with E-state index >= 15 is 0 Å². The van der Waals surface area contributed by atoms with Crippen molar-refractivity contribution in [3.05, 3.63) is 65.6 Å². The first-order valence-corrected chi connectivity index (χ1v) is 8.89. The summed E-state index contributed by atoms with van der Waals surface area (Å²) in [5, 5.41) is 13.4. The van der Waals surface area contributed by atoms with Crippen LogP contribution in [-0.4, -0.2) is 31.3 Å². The first-order chi connectivity index (χ1) is 13.2. The van der Waals surface area contributed by atoms with E-state index in [1.54, 1.807) is 12.1 Å². The van der Waals surface area contributed by atoms with Gasteiger partial charge in [-0.3, -0.25) is 0 Å². The Kier molecular flexibility index (Phi) is 4.86. The molecule has 0 bridgehead atoms. The van der Waals surface area contributed by atoms with Crippen LogP contribution in [0.1, 0.15) is 11.3 Å². The number of benzene rings is 2. The number of para-hydroxylation sites is 1. The van der Waals surface area contributed by atoms with Gasteiger partial charge in [0.25, 0.3) is 0 Å². The third-order valence-corrected chi connectivity index (χ3v) is 4.68. The number of aromatic nitrogens is 1. The summed E-state index contributed by atoms with van der Waals surface area (Å²) < 4.78 is 19.9. The van der Waals surface area contributed by atoms with E-state index in [1.807, 2.05) is 41.3 Å². The third kappa shape index (κ3) is 3.69. The van der Waals surface area contributed by atoms with Gasteiger partial charge in [0.2, 0.25) is 0 Å². The second-order valence-electron chi connectivity index (χ2n) is 6.42. The van der Waals surface area contributed by atoms with Gasteiger partial charge < -0.3 is 15.0 Å². The minimum absolute atomic E-state index is 0.228. The van der Waals surface area contributed by atoms with Gasteiger partial charge >= 0.3 is 0 Å². The van der Waals surface area contributed by atoms with Crippen LogP contribution in [0, 0.1) is 17.1 Å². The Balaban J connectivity index is 1.54. The molecule has 6 heteroatoms. The summed E-state index contributed by atoms with van der Waals surface area (Å²) in [6.45, 7) is 3.11. The largest absolute Gasteiger partial charge is 0.380 e. The van der Waals surface area contributed by atoms with Gasteiger partial charge in [-0.2, -0.15) is 5.26 Å². The molecule has 1 N–H and O–H groups in total. The summed E-state index contributed by atoms with van der Waals surface area (Å²) in [5.41, 5.74) is 3.37. The smallest absolute Gasteiger partial charge is 0.146 e. The van der Waals surface area contributed by atoms with Crippen molar-refractivity contribution >= 4 is 22.3 Å². The minimum atomic E-state index is -0.228. The van der Waals surface area contributed by atoms with E-state index in [0.29, 0.717) is 44.2 Å². The van der Waals surface area contributed by atoms with E-state index in [9.17, 15) is 9.65 Å². The van der Waals surface area contributed by atoms with Gasteiger partial charge in [0.05, 0.1) is 24.4 Å². The molecule has 2 heterocycles. The molecule has 0 amide bonds. The van der Waals surface area contributed by atoms with Crippen molar-refractivity contribution in [3.63, 3.8) is 0 Å². The number of nitrogens with zero attached hydrogens (tertiary/aromatic N) is 3. The summed E-state index contributed by atoms with van der Waals surface area (Å²) in [7, 11) is 0. The zero-order valence-electron chi connectivity index (χ0n) is 14.8. The lowest BCUT2D eigenvalue weighted by atomic mass is 10.1. The van der Waals surface area contributed by atoms with Crippen LogP contribution in [0.25, 0.3) is 10.9 Å². The zero-order chi connectivity index (χ0) is 18.6. The third-order valence-electron chi connectivity index (χ3n) is 4.68. The number of pyridine rings is 1. The average Bonchev–Trinajstić information content (AvgIpc) is 2.72. The zero-order valence-corrected chi connectivity index (χ0v) is 14.8. The molecule has 0 spiro atoms. The average molecular weight is 362 g/mol. The number of nitrogens with one attached hydrogen (secondary N) is 1. The molecule has 1 aliphatic rings. The molecule has 27 heavy (non-hydrogen) atoms. The van der Waals surface area contributed by atoms with Gasteiger partial charge in [-0.15, -0.1) is 0 Å². The molecule has 0 unspecified atom stereocenters. The SMILES string of the molecule is N#Cc1cc(NCc2ccc(N3CCOCC3)c(F)c2)c2ccccc2n1. The Labute approximate surface area is 157 Å². The second-order valence-corrected chi connectivity index (χ2v) is 6.42. The topological polar surface area (TPSA) is 61.2 Å². The van der Waals surface area contributed by atoms with Crippen molar-refractivity contribution in [3.8, 4) is 6.07 Å². The van der Waals surface area contributed by atoms with Gasteiger partial charge in [0.15, 0.2) is 0 Å². The van der Waals surface area contributed by atoms with Crippen LogP contribution < -0.4 is 10.2 Å². The number of halogens is 1. The predicted molar refractivity (Wildman–Crippen MR) is 103 cm³/mol. The van der Waals surface area contributed by atoms with Crippen molar-refractivity contribution in [2.45, 2.75) is 6.54 Å². The fourth-order valence-corrected chi connectivity index (χ4v) is 3.30. The lowest BCUT2D eigenvalue weighted by molar-refractivity contribution is 0.122. The molecule has 1 aliphatic heterocycles. The van der Waals surface area contributed by atoms with Crippen molar-refractivity contribution in [2.24, 2.45) is 0 Å². The highest BCUT2D eigenvalue weighted by molar-refractivity contribution is 5.91. The Morgan fingerprint density at radius 3 is 2.74 bits per heavy atom. The van der Waals surface area contributed by atoms with E-state index in [-0.39, 0.29) is 5.82 Å². The molecule has 3 aromatic rings. The molecule has 1 aromatic heterocycles. The Morgan fingerprint density at radius 2 is 1.96 bits per heavy atom. The number of nitriles is 1. The minimum Gasteiger partial charge on any atom is -0.380 e. The molecule has 0 radical (unpaired) electrons. The molecular formula is C21H19FN4O. The van der Waals surface area contributed by atoms with Gasteiger partial charge in [0.1, 0.15) is 17.6 Å². The summed E-state index contributed by atoms with van der Waals surface area (Å²) >= 11 is 0.